The fourth-order valence-electron chi connectivity index (χ4n) is 3.00. The second-order valence-corrected chi connectivity index (χ2v) is 7.01. The molecule has 1 aliphatic heterocycles. The summed E-state index contributed by atoms with van der Waals surface area (Å²) in [5, 5.41) is 9.30. The van der Waals surface area contributed by atoms with E-state index < -0.39 is 6.04 Å². The van der Waals surface area contributed by atoms with E-state index in [0.29, 0.717) is 17.2 Å². The van der Waals surface area contributed by atoms with E-state index in [9.17, 15) is 9.59 Å². The van der Waals surface area contributed by atoms with Crippen LogP contribution in [0, 0.1) is 11.8 Å². The van der Waals surface area contributed by atoms with Gasteiger partial charge in [0.2, 0.25) is 5.91 Å². The maximum atomic E-state index is 12.7. The van der Waals surface area contributed by atoms with Crippen molar-refractivity contribution in [3.8, 4) is 5.75 Å². The van der Waals surface area contributed by atoms with Crippen LogP contribution in [0.15, 0.2) is 24.3 Å². The minimum absolute atomic E-state index is 0.000722. The van der Waals surface area contributed by atoms with Crippen molar-refractivity contribution in [3.05, 3.63) is 29.8 Å². The van der Waals surface area contributed by atoms with Crippen LogP contribution in [-0.4, -0.2) is 44.1 Å². The Bertz CT molecular complexity index is 586. The number of hydrogen-bond acceptors (Lipinski definition) is 4. The van der Waals surface area contributed by atoms with Gasteiger partial charge in [-0.15, -0.1) is 0 Å². The van der Waals surface area contributed by atoms with Crippen molar-refractivity contribution in [1.82, 2.24) is 16.0 Å². The number of rotatable bonds is 6. The maximum absolute atomic E-state index is 12.7. The van der Waals surface area contributed by atoms with E-state index in [-0.39, 0.29) is 23.8 Å². The number of ether oxygens (including phenoxy) is 1. The van der Waals surface area contributed by atoms with Crippen molar-refractivity contribution < 1.29 is 14.3 Å². The second kappa shape index (κ2) is 8.85. The molecule has 25 heavy (non-hydrogen) atoms. The van der Waals surface area contributed by atoms with Gasteiger partial charge in [0.05, 0.1) is 7.11 Å². The number of benzene rings is 1. The topological polar surface area (TPSA) is 79.5 Å². The van der Waals surface area contributed by atoms with Crippen molar-refractivity contribution in [1.29, 1.82) is 0 Å². The standard InChI is InChI=1S/C19H29N3O3/c1-12(2)17(19(24)21-16-9-10-20-11-13(16)3)22-18(23)14-5-7-15(25-4)8-6-14/h5-8,12-13,16-17,20H,9-11H2,1-4H3,(H,21,24)(H,22,23). The molecule has 0 saturated carbocycles. The molecule has 1 aromatic rings. The summed E-state index contributed by atoms with van der Waals surface area (Å²) in [4.78, 5) is 25.2. The third-order valence-corrected chi connectivity index (χ3v) is 4.70. The highest BCUT2D eigenvalue weighted by atomic mass is 16.5. The summed E-state index contributed by atoms with van der Waals surface area (Å²) in [6, 6.07) is 6.44. The van der Waals surface area contributed by atoms with Crippen LogP contribution in [0.25, 0.3) is 0 Å². The van der Waals surface area contributed by atoms with E-state index in [2.05, 4.69) is 22.9 Å². The molecule has 3 N–H and O–H groups in total. The number of amides is 2. The Morgan fingerprint density at radius 1 is 1.24 bits per heavy atom. The first kappa shape index (κ1) is 19.2. The monoisotopic (exact) mass is 347 g/mol. The quantitative estimate of drug-likeness (QED) is 0.730. The lowest BCUT2D eigenvalue weighted by Gasteiger charge is -2.32. The molecule has 2 rings (SSSR count). The Hall–Kier alpha value is -2.08. The molecule has 2 amide bonds. The van der Waals surface area contributed by atoms with Crippen LogP contribution in [0.5, 0.6) is 5.75 Å². The van der Waals surface area contributed by atoms with Gasteiger partial charge in [0, 0.05) is 11.6 Å². The van der Waals surface area contributed by atoms with Gasteiger partial charge >= 0.3 is 0 Å². The summed E-state index contributed by atoms with van der Waals surface area (Å²) in [6.45, 7) is 7.79. The largest absolute Gasteiger partial charge is 0.497 e. The lowest BCUT2D eigenvalue weighted by Crippen LogP contribution is -2.55. The first-order valence-electron chi connectivity index (χ1n) is 8.88. The molecule has 1 aromatic carbocycles. The van der Waals surface area contributed by atoms with Crippen LogP contribution >= 0.6 is 0 Å². The van der Waals surface area contributed by atoms with Gasteiger partial charge in [0.15, 0.2) is 0 Å². The summed E-state index contributed by atoms with van der Waals surface area (Å²) < 4.78 is 5.10. The van der Waals surface area contributed by atoms with Crippen LogP contribution < -0.4 is 20.7 Å². The Kier molecular flexibility index (Phi) is 6.82. The molecule has 3 unspecified atom stereocenters. The smallest absolute Gasteiger partial charge is 0.251 e. The fourth-order valence-corrected chi connectivity index (χ4v) is 3.00. The Balaban J connectivity index is 2.01. The van der Waals surface area contributed by atoms with Gasteiger partial charge in [-0.25, -0.2) is 0 Å². The van der Waals surface area contributed by atoms with Crippen molar-refractivity contribution >= 4 is 11.8 Å². The number of piperidine rings is 1. The van der Waals surface area contributed by atoms with Crippen molar-refractivity contribution in [2.75, 3.05) is 20.2 Å². The highest BCUT2D eigenvalue weighted by molar-refractivity contribution is 5.97. The zero-order valence-corrected chi connectivity index (χ0v) is 15.5. The molecule has 1 heterocycles. The number of nitrogens with one attached hydrogen (secondary N) is 3. The minimum Gasteiger partial charge on any atom is -0.497 e. The number of hydrogen-bond donors (Lipinski definition) is 3. The zero-order chi connectivity index (χ0) is 18.4. The summed E-state index contributed by atoms with van der Waals surface area (Å²) in [6.07, 6.45) is 0.907. The molecule has 0 spiro atoms. The van der Waals surface area contributed by atoms with Gasteiger partial charge in [0.1, 0.15) is 11.8 Å². The van der Waals surface area contributed by atoms with Gasteiger partial charge in [-0.2, -0.15) is 0 Å². The molecular weight excluding hydrogens is 318 g/mol. The zero-order valence-electron chi connectivity index (χ0n) is 15.5. The first-order valence-corrected chi connectivity index (χ1v) is 8.88. The Morgan fingerprint density at radius 3 is 2.48 bits per heavy atom. The van der Waals surface area contributed by atoms with E-state index in [0.717, 1.165) is 19.5 Å². The van der Waals surface area contributed by atoms with Gasteiger partial charge in [0.25, 0.3) is 5.91 Å². The molecule has 1 fully saturated rings. The molecule has 6 heteroatoms. The van der Waals surface area contributed by atoms with Crippen LogP contribution in [-0.2, 0) is 4.79 Å². The van der Waals surface area contributed by atoms with Crippen LogP contribution in [0.4, 0.5) is 0 Å². The lowest BCUT2D eigenvalue weighted by molar-refractivity contribution is -0.125. The second-order valence-electron chi connectivity index (χ2n) is 7.01. The summed E-state index contributed by atoms with van der Waals surface area (Å²) in [5.74, 6) is 0.696. The van der Waals surface area contributed by atoms with E-state index in [1.54, 1.807) is 31.4 Å². The molecule has 6 nitrogen and oxygen atoms in total. The highest BCUT2D eigenvalue weighted by Crippen LogP contribution is 2.14. The number of carbonyl (C=O) groups is 2. The molecule has 1 aliphatic rings. The van der Waals surface area contributed by atoms with E-state index in [1.165, 1.54) is 0 Å². The maximum Gasteiger partial charge on any atom is 0.251 e. The molecule has 0 aliphatic carbocycles. The van der Waals surface area contributed by atoms with Crippen molar-refractivity contribution in [3.63, 3.8) is 0 Å². The third-order valence-electron chi connectivity index (χ3n) is 4.70. The lowest BCUT2D eigenvalue weighted by atomic mass is 9.94. The average Bonchev–Trinajstić information content (AvgIpc) is 2.61. The summed E-state index contributed by atoms with van der Waals surface area (Å²) in [7, 11) is 1.58. The molecule has 138 valence electrons. The average molecular weight is 347 g/mol. The molecule has 0 aromatic heterocycles. The van der Waals surface area contributed by atoms with E-state index in [1.807, 2.05) is 13.8 Å². The minimum atomic E-state index is -0.559. The number of methoxy groups -OCH3 is 1. The Labute approximate surface area is 149 Å². The van der Waals surface area contributed by atoms with Crippen LogP contribution in [0.1, 0.15) is 37.6 Å². The predicted molar refractivity (Wildman–Crippen MR) is 97.7 cm³/mol. The van der Waals surface area contributed by atoms with Crippen LogP contribution in [0.3, 0.4) is 0 Å². The van der Waals surface area contributed by atoms with Gasteiger partial charge in [-0.1, -0.05) is 20.8 Å². The first-order chi connectivity index (χ1) is 11.9. The van der Waals surface area contributed by atoms with Crippen molar-refractivity contribution in [2.24, 2.45) is 11.8 Å². The predicted octanol–water partition coefficient (Wildman–Crippen LogP) is 1.56. The Morgan fingerprint density at radius 2 is 1.92 bits per heavy atom. The number of carbonyl (C=O) groups excluding carboxylic acids is 2. The molecule has 0 radical (unpaired) electrons. The normalized spacial score (nSPS) is 21.5. The molecule has 0 bridgehead atoms. The van der Waals surface area contributed by atoms with Gasteiger partial charge < -0.3 is 20.7 Å². The van der Waals surface area contributed by atoms with E-state index in [4.69, 9.17) is 4.74 Å². The molecular formula is C19H29N3O3. The van der Waals surface area contributed by atoms with E-state index >= 15 is 0 Å². The molecule has 3 atom stereocenters. The van der Waals surface area contributed by atoms with Crippen molar-refractivity contribution in [2.45, 2.75) is 39.3 Å². The molecule has 1 saturated heterocycles. The summed E-state index contributed by atoms with van der Waals surface area (Å²) in [5.41, 5.74) is 0.509. The third kappa shape index (κ3) is 5.19. The van der Waals surface area contributed by atoms with Crippen LogP contribution in [0.2, 0.25) is 0 Å². The SMILES string of the molecule is COc1ccc(C(=O)NC(C(=O)NC2CCNCC2C)C(C)C)cc1. The fraction of sp³-hybridized carbons (Fsp3) is 0.579. The van der Waals surface area contributed by atoms with Gasteiger partial charge in [-0.05, 0) is 55.6 Å². The summed E-state index contributed by atoms with van der Waals surface area (Å²) >= 11 is 0. The highest BCUT2D eigenvalue weighted by Gasteiger charge is 2.29. The van der Waals surface area contributed by atoms with Gasteiger partial charge in [-0.3, -0.25) is 9.59 Å².